The molecule has 2 aliphatic carbocycles. The maximum Gasteiger partial charge on any atom is 0.0538 e. The van der Waals surface area contributed by atoms with Gasteiger partial charge in [-0.3, -0.25) is 0 Å². The SMILES string of the molecule is C1=Cc2c([nH]c3cc(-c4ccc5c(c4)c4c(n5-c5ccccc5)C=CCC4)ccc23)CC1. The highest BCUT2D eigenvalue weighted by molar-refractivity contribution is 5.97. The summed E-state index contributed by atoms with van der Waals surface area (Å²) in [6.07, 6.45) is 13.6. The van der Waals surface area contributed by atoms with E-state index in [-0.39, 0.29) is 0 Å². The Morgan fingerprint density at radius 3 is 2.47 bits per heavy atom. The molecule has 0 atom stereocenters. The molecule has 0 radical (unpaired) electrons. The first-order valence-corrected chi connectivity index (χ1v) is 11.6. The largest absolute Gasteiger partial charge is 0.358 e. The van der Waals surface area contributed by atoms with Crippen LogP contribution in [-0.2, 0) is 12.8 Å². The third-order valence-electron chi connectivity index (χ3n) is 7.06. The van der Waals surface area contributed by atoms with Crippen LogP contribution in [0.3, 0.4) is 0 Å². The van der Waals surface area contributed by atoms with Gasteiger partial charge < -0.3 is 9.55 Å². The van der Waals surface area contributed by atoms with Gasteiger partial charge in [0.2, 0.25) is 0 Å². The molecule has 0 fully saturated rings. The maximum atomic E-state index is 3.67. The van der Waals surface area contributed by atoms with Gasteiger partial charge in [-0.25, -0.2) is 0 Å². The number of rotatable bonds is 2. The molecule has 7 rings (SSSR count). The minimum Gasteiger partial charge on any atom is -0.358 e. The van der Waals surface area contributed by atoms with E-state index in [1.54, 1.807) is 0 Å². The summed E-state index contributed by atoms with van der Waals surface area (Å²) in [5, 5.41) is 2.71. The van der Waals surface area contributed by atoms with Gasteiger partial charge in [-0.1, -0.05) is 54.6 Å². The Labute approximate surface area is 187 Å². The molecule has 0 spiro atoms. The van der Waals surface area contributed by atoms with E-state index in [0.717, 1.165) is 25.7 Å². The second kappa shape index (κ2) is 6.86. The van der Waals surface area contributed by atoms with Gasteiger partial charge in [0.1, 0.15) is 0 Å². The Hall–Kier alpha value is -3.78. The number of allylic oxidation sites excluding steroid dienone is 2. The van der Waals surface area contributed by atoms with Gasteiger partial charge in [-0.15, -0.1) is 0 Å². The standard InChI is InChI=1S/C30H24N2/c1-2-8-22(9-3-1)32-29-13-7-5-11-25(29)26-18-20(15-17-30(26)32)21-14-16-24-23-10-4-6-12-27(23)31-28(24)19-21/h1-4,7-10,13-19,31H,5-6,11-12H2. The first-order valence-electron chi connectivity index (χ1n) is 11.6. The highest BCUT2D eigenvalue weighted by Gasteiger charge is 2.19. The van der Waals surface area contributed by atoms with Crippen LogP contribution >= 0.6 is 0 Å². The molecule has 2 heterocycles. The smallest absolute Gasteiger partial charge is 0.0538 e. The van der Waals surface area contributed by atoms with Crippen molar-refractivity contribution in [2.75, 3.05) is 0 Å². The summed E-state index contributed by atoms with van der Waals surface area (Å²) in [4.78, 5) is 3.67. The van der Waals surface area contributed by atoms with E-state index in [0.29, 0.717) is 0 Å². The van der Waals surface area contributed by atoms with Gasteiger partial charge in [0.05, 0.1) is 5.52 Å². The summed E-state index contributed by atoms with van der Waals surface area (Å²) in [6.45, 7) is 0. The quantitative estimate of drug-likeness (QED) is 0.307. The first-order chi connectivity index (χ1) is 15.9. The molecule has 2 heteroatoms. The number of hydrogen-bond donors (Lipinski definition) is 1. The molecule has 2 nitrogen and oxygen atoms in total. The summed E-state index contributed by atoms with van der Waals surface area (Å²) >= 11 is 0. The zero-order chi connectivity index (χ0) is 21.1. The molecule has 0 saturated carbocycles. The number of para-hydroxylation sites is 1. The van der Waals surface area contributed by atoms with E-state index in [9.17, 15) is 0 Å². The predicted molar refractivity (Wildman–Crippen MR) is 135 cm³/mol. The molecule has 3 aromatic carbocycles. The van der Waals surface area contributed by atoms with Crippen LogP contribution in [-0.4, -0.2) is 9.55 Å². The Bertz CT molecular complexity index is 1560. The van der Waals surface area contributed by atoms with Crippen molar-refractivity contribution in [1.82, 2.24) is 9.55 Å². The summed E-state index contributed by atoms with van der Waals surface area (Å²) in [7, 11) is 0. The summed E-state index contributed by atoms with van der Waals surface area (Å²) < 4.78 is 2.42. The normalized spacial score (nSPS) is 14.8. The molecule has 5 aromatic rings. The third kappa shape index (κ3) is 2.59. The minimum absolute atomic E-state index is 1.10. The number of nitrogens with zero attached hydrogens (tertiary/aromatic N) is 1. The highest BCUT2D eigenvalue weighted by atomic mass is 15.0. The maximum absolute atomic E-state index is 3.67. The number of hydrogen-bond acceptors (Lipinski definition) is 0. The van der Waals surface area contributed by atoms with Gasteiger partial charge in [0, 0.05) is 38.9 Å². The fraction of sp³-hybridized carbons (Fsp3) is 0.133. The van der Waals surface area contributed by atoms with Gasteiger partial charge in [-0.05, 0) is 78.8 Å². The van der Waals surface area contributed by atoms with E-state index in [1.165, 1.54) is 61.1 Å². The first kappa shape index (κ1) is 17.9. The van der Waals surface area contributed by atoms with Gasteiger partial charge >= 0.3 is 0 Å². The zero-order valence-electron chi connectivity index (χ0n) is 17.9. The predicted octanol–water partition coefficient (Wildman–Crippen LogP) is 7.70. The molecule has 0 saturated heterocycles. The lowest BCUT2D eigenvalue weighted by Gasteiger charge is -2.11. The Balaban J connectivity index is 1.42. The Kier molecular flexibility index (Phi) is 3.83. The average molecular weight is 413 g/mol. The molecule has 0 bridgehead atoms. The molecule has 2 aromatic heterocycles. The van der Waals surface area contributed by atoms with Crippen LogP contribution in [0.1, 0.15) is 35.4 Å². The lowest BCUT2D eigenvalue weighted by molar-refractivity contribution is 0.951. The lowest BCUT2D eigenvalue weighted by Crippen LogP contribution is -1.99. The molecule has 1 N–H and O–H groups in total. The zero-order valence-corrected chi connectivity index (χ0v) is 17.9. The van der Waals surface area contributed by atoms with Crippen LogP contribution in [0.5, 0.6) is 0 Å². The van der Waals surface area contributed by atoms with Crippen molar-refractivity contribution in [2.45, 2.75) is 25.7 Å². The van der Waals surface area contributed by atoms with E-state index in [1.807, 2.05) is 0 Å². The summed E-state index contributed by atoms with van der Waals surface area (Å²) in [5.41, 5.74) is 11.8. The van der Waals surface area contributed by atoms with Crippen LogP contribution in [0, 0.1) is 0 Å². The molecule has 2 aliphatic rings. The van der Waals surface area contributed by atoms with Crippen molar-refractivity contribution in [2.24, 2.45) is 0 Å². The van der Waals surface area contributed by atoms with Crippen molar-refractivity contribution in [3.63, 3.8) is 0 Å². The fourth-order valence-electron chi connectivity index (χ4n) is 5.54. The number of benzene rings is 3. The monoisotopic (exact) mass is 412 g/mol. The number of aromatic amines is 1. The van der Waals surface area contributed by atoms with Crippen LogP contribution in [0.25, 0.3) is 50.8 Å². The Morgan fingerprint density at radius 1 is 0.719 bits per heavy atom. The third-order valence-corrected chi connectivity index (χ3v) is 7.06. The van der Waals surface area contributed by atoms with Crippen LogP contribution in [0.2, 0.25) is 0 Å². The van der Waals surface area contributed by atoms with Crippen molar-refractivity contribution >= 4 is 34.0 Å². The highest BCUT2D eigenvalue weighted by Crippen LogP contribution is 2.37. The summed E-state index contributed by atoms with van der Waals surface area (Å²) in [6, 6.07) is 24.6. The molecular weight excluding hydrogens is 388 g/mol. The second-order valence-electron chi connectivity index (χ2n) is 8.93. The van der Waals surface area contributed by atoms with Gasteiger partial charge in [0.15, 0.2) is 0 Å². The van der Waals surface area contributed by atoms with Crippen molar-refractivity contribution in [1.29, 1.82) is 0 Å². The van der Waals surface area contributed by atoms with Gasteiger partial charge in [-0.2, -0.15) is 0 Å². The van der Waals surface area contributed by atoms with Crippen LogP contribution in [0.4, 0.5) is 0 Å². The molecule has 0 aliphatic heterocycles. The lowest BCUT2D eigenvalue weighted by atomic mass is 9.97. The molecule has 32 heavy (non-hydrogen) atoms. The molecule has 154 valence electrons. The Morgan fingerprint density at radius 2 is 1.53 bits per heavy atom. The van der Waals surface area contributed by atoms with Crippen molar-refractivity contribution in [3.05, 3.63) is 101 Å². The van der Waals surface area contributed by atoms with E-state index in [2.05, 4.69) is 101 Å². The molecular formula is C30H24N2. The number of aromatic nitrogens is 2. The van der Waals surface area contributed by atoms with E-state index < -0.39 is 0 Å². The summed E-state index contributed by atoms with van der Waals surface area (Å²) in [5.74, 6) is 0. The minimum atomic E-state index is 1.10. The number of fused-ring (bicyclic) bond motifs is 6. The van der Waals surface area contributed by atoms with Gasteiger partial charge in [0.25, 0.3) is 0 Å². The second-order valence-corrected chi connectivity index (χ2v) is 8.93. The van der Waals surface area contributed by atoms with Crippen molar-refractivity contribution in [3.8, 4) is 16.8 Å². The molecule has 0 amide bonds. The topological polar surface area (TPSA) is 20.7 Å². The van der Waals surface area contributed by atoms with Crippen molar-refractivity contribution < 1.29 is 0 Å². The van der Waals surface area contributed by atoms with Crippen LogP contribution in [0.15, 0.2) is 78.9 Å². The molecule has 0 unspecified atom stereocenters. The van der Waals surface area contributed by atoms with E-state index in [4.69, 9.17) is 0 Å². The number of nitrogens with one attached hydrogen (secondary N) is 1. The fourth-order valence-corrected chi connectivity index (χ4v) is 5.54. The number of aryl methyl sites for hydroxylation is 2. The number of H-pyrrole nitrogens is 1. The van der Waals surface area contributed by atoms with E-state index >= 15 is 0 Å². The van der Waals surface area contributed by atoms with Crippen LogP contribution < -0.4 is 0 Å². The average Bonchev–Trinajstić information content (AvgIpc) is 3.39.